The van der Waals surface area contributed by atoms with Crippen molar-refractivity contribution in [1.82, 2.24) is 14.9 Å². The lowest BCUT2D eigenvalue weighted by Crippen LogP contribution is -2.32. The minimum atomic E-state index is -0.120. The summed E-state index contributed by atoms with van der Waals surface area (Å²) in [4.78, 5) is 11.0. The van der Waals surface area contributed by atoms with Crippen molar-refractivity contribution in [1.29, 1.82) is 0 Å². The zero-order valence-corrected chi connectivity index (χ0v) is 21.8. The van der Waals surface area contributed by atoms with Crippen LogP contribution >= 0.6 is 60.4 Å². The molecule has 4 rings (SSSR count). The fraction of sp³-hybridized carbons (Fsp3) is 0.217. The van der Waals surface area contributed by atoms with Gasteiger partial charge in [-0.05, 0) is 55.1 Å². The standard InChI is InChI=1S/C23H23Cl2N5.3ClH/c1-30(11-10-29-21-7-9-28-23-13-16(25)3-5-19(21)23)14-20(26)17-6-8-27-22-12-15(24)2-4-18(17)22;;;/h2-9,12-13,20H,10-11,14,26H2,1H3,(H,28,29);3*1H. The van der Waals surface area contributed by atoms with Crippen LogP contribution in [0.2, 0.25) is 10.0 Å². The first-order valence-corrected chi connectivity index (χ1v) is 10.5. The van der Waals surface area contributed by atoms with E-state index in [0.717, 1.165) is 52.7 Å². The Morgan fingerprint density at radius 3 is 2.12 bits per heavy atom. The summed E-state index contributed by atoms with van der Waals surface area (Å²) in [6.07, 6.45) is 3.58. The molecule has 1 atom stereocenters. The van der Waals surface area contributed by atoms with E-state index in [2.05, 4.69) is 27.2 Å². The lowest BCUT2D eigenvalue weighted by molar-refractivity contribution is 0.324. The van der Waals surface area contributed by atoms with E-state index in [1.807, 2.05) is 48.5 Å². The lowest BCUT2D eigenvalue weighted by Gasteiger charge is -2.23. The van der Waals surface area contributed by atoms with Crippen LogP contribution in [0.15, 0.2) is 60.9 Å². The largest absolute Gasteiger partial charge is 0.383 e. The Morgan fingerprint density at radius 1 is 0.879 bits per heavy atom. The van der Waals surface area contributed by atoms with Gasteiger partial charge in [0.2, 0.25) is 0 Å². The number of pyridine rings is 2. The normalized spacial score (nSPS) is 11.4. The predicted octanol–water partition coefficient (Wildman–Crippen LogP) is 6.40. The third kappa shape index (κ3) is 7.20. The molecule has 3 N–H and O–H groups in total. The van der Waals surface area contributed by atoms with Gasteiger partial charge in [0.05, 0.1) is 11.0 Å². The monoisotopic (exact) mass is 547 g/mol. The van der Waals surface area contributed by atoms with Crippen molar-refractivity contribution in [3.05, 3.63) is 76.5 Å². The number of nitrogens with zero attached hydrogens (tertiary/aromatic N) is 3. The maximum absolute atomic E-state index is 6.53. The zero-order chi connectivity index (χ0) is 21.1. The first-order chi connectivity index (χ1) is 14.5. The van der Waals surface area contributed by atoms with Crippen LogP contribution in [0.3, 0.4) is 0 Å². The van der Waals surface area contributed by atoms with Gasteiger partial charge in [-0.3, -0.25) is 9.97 Å². The van der Waals surface area contributed by atoms with E-state index in [0.29, 0.717) is 10.0 Å². The van der Waals surface area contributed by atoms with Gasteiger partial charge in [0.1, 0.15) is 0 Å². The van der Waals surface area contributed by atoms with Gasteiger partial charge in [0.25, 0.3) is 0 Å². The summed E-state index contributed by atoms with van der Waals surface area (Å²) in [5.74, 6) is 0. The smallest absolute Gasteiger partial charge is 0.0737 e. The van der Waals surface area contributed by atoms with Crippen LogP contribution < -0.4 is 11.1 Å². The van der Waals surface area contributed by atoms with Crippen molar-refractivity contribution in [3.63, 3.8) is 0 Å². The maximum Gasteiger partial charge on any atom is 0.0737 e. The van der Waals surface area contributed by atoms with Gasteiger partial charge < -0.3 is 16.0 Å². The number of anilines is 1. The SMILES string of the molecule is CN(CCNc1ccnc2cc(Cl)ccc12)CC(N)c1ccnc2cc(Cl)ccc12.Cl.Cl.Cl. The number of benzene rings is 2. The average molecular weight is 550 g/mol. The third-order valence-corrected chi connectivity index (χ3v) is 5.63. The van der Waals surface area contributed by atoms with Gasteiger partial charge in [0, 0.05) is 64.6 Å². The molecule has 0 saturated heterocycles. The number of halogens is 5. The second-order valence-corrected chi connectivity index (χ2v) is 8.25. The van der Waals surface area contributed by atoms with Crippen LogP contribution in [-0.4, -0.2) is 41.5 Å². The predicted molar refractivity (Wildman–Crippen MR) is 148 cm³/mol. The fourth-order valence-corrected chi connectivity index (χ4v) is 3.98. The second-order valence-electron chi connectivity index (χ2n) is 7.38. The van der Waals surface area contributed by atoms with Crippen LogP contribution in [0.4, 0.5) is 5.69 Å². The van der Waals surface area contributed by atoms with Crippen molar-refractivity contribution in [2.45, 2.75) is 6.04 Å². The van der Waals surface area contributed by atoms with Crippen molar-refractivity contribution in [3.8, 4) is 0 Å². The highest BCUT2D eigenvalue weighted by Crippen LogP contribution is 2.25. The molecule has 0 fully saturated rings. The van der Waals surface area contributed by atoms with E-state index in [1.165, 1.54) is 0 Å². The second kappa shape index (κ2) is 13.4. The van der Waals surface area contributed by atoms with Gasteiger partial charge in [-0.25, -0.2) is 0 Å². The van der Waals surface area contributed by atoms with E-state index >= 15 is 0 Å². The molecule has 0 aliphatic carbocycles. The van der Waals surface area contributed by atoms with Crippen LogP contribution in [0.5, 0.6) is 0 Å². The Labute approximate surface area is 222 Å². The topological polar surface area (TPSA) is 67.1 Å². The summed E-state index contributed by atoms with van der Waals surface area (Å²) in [5.41, 5.74) is 10.4. The van der Waals surface area contributed by atoms with Crippen molar-refractivity contribution < 1.29 is 0 Å². The summed E-state index contributed by atoms with van der Waals surface area (Å²) in [6, 6.07) is 15.3. The summed E-state index contributed by atoms with van der Waals surface area (Å²) >= 11 is 12.2. The molecule has 5 nitrogen and oxygen atoms in total. The molecule has 0 spiro atoms. The molecule has 0 amide bonds. The Balaban J connectivity index is 0.00000181. The van der Waals surface area contributed by atoms with E-state index in [9.17, 15) is 0 Å². The Morgan fingerprint density at radius 2 is 1.45 bits per heavy atom. The maximum atomic E-state index is 6.53. The fourth-order valence-electron chi connectivity index (χ4n) is 3.65. The van der Waals surface area contributed by atoms with E-state index in [-0.39, 0.29) is 43.3 Å². The average Bonchev–Trinajstić information content (AvgIpc) is 2.72. The van der Waals surface area contributed by atoms with E-state index < -0.39 is 0 Å². The van der Waals surface area contributed by atoms with E-state index in [4.69, 9.17) is 28.9 Å². The molecule has 1 unspecified atom stereocenters. The highest BCUT2D eigenvalue weighted by atomic mass is 35.5. The Bertz CT molecular complexity index is 1190. The number of nitrogens with two attached hydrogens (primary N) is 1. The Kier molecular flexibility index (Phi) is 11.9. The first kappa shape index (κ1) is 29.5. The Hall–Kier alpha value is -1.57. The van der Waals surface area contributed by atoms with E-state index in [1.54, 1.807) is 12.4 Å². The van der Waals surface area contributed by atoms with Crippen LogP contribution in [-0.2, 0) is 0 Å². The van der Waals surface area contributed by atoms with Gasteiger partial charge in [-0.2, -0.15) is 0 Å². The number of rotatable bonds is 7. The number of nitrogens with one attached hydrogen (secondary N) is 1. The third-order valence-electron chi connectivity index (χ3n) is 5.16. The molecule has 2 aromatic carbocycles. The molecule has 2 aromatic heterocycles. The minimum absolute atomic E-state index is 0. The molecule has 4 aromatic rings. The molecule has 0 aliphatic heterocycles. The molecule has 10 heteroatoms. The summed E-state index contributed by atoms with van der Waals surface area (Å²) in [6.45, 7) is 2.37. The molecule has 0 saturated carbocycles. The molecule has 0 bridgehead atoms. The molecular weight excluding hydrogens is 524 g/mol. The quantitative estimate of drug-likeness (QED) is 0.279. The number of aromatic nitrogens is 2. The molecule has 178 valence electrons. The summed E-state index contributed by atoms with van der Waals surface area (Å²) in [7, 11) is 2.08. The molecule has 0 aliphatic rings. The van der Waals surface area contributed by atoms with Crippen molar-refractivity contribution >= 4 is 87.9 Å². The molecule has 2 heterocycles. The first-order valence-electron chi connectivity index (χ1n) is 9.78. The molecular formula is C23H26Cl5N5. The van der Waals surface area contributed by atoms with Gasteiger partial charge >= 0.3 is 0 Å². The van der Waals surface area contributed by atoms with Crippen LogP contribution in [0.1, 0.15) is 11.6 Å². The number of likely N-dealkylation sites (N-methyl/N-ethyl adjacent to an activating group) is 1. The molecule has 0 radical (unpaired) electrons. The lowest BCUT2D eigenvalue weighted by atomic mass is 10.0. The van der Waals surface area contributed by atoms with Gasteiger partial charge in [-0.15, -0.1) is 37.2 Å². The number of hydrogen-bond acceptors (Lipinski definition) is 5. The minimum Gasteiger partial charge on any atom is -0.383 e. The number of hydrogen-bond donors (Lipinski definition) is 2. The summed E-state index contributed by atoms with van der Waals surface area (Å²) in [5, 5.41) is 6.96. The van der Waals surface area contributed by atoms with Crippen molar-refractivity contribution in [2.75, 3.05) is 32.0 Å². The highest BCUT2D eigenvalue weighted by molar-refractivity contribution is 6.31. The van der Waals surface area contributed by atoms with Crippen molar-refractivity contribution in [2.24, 2.45) is 5.73 Å². The number of fused-ring (bicyclic) bond motifs is 2. The molecule has 33 heavy (non-hydrogen) atoms. The summed E-state index contributed by atoms with van der Waals surface area (Å²) < 4.78 is 0. The highest BCUT2D eigenvalue weighted by Gasteiger charge is 2.13. The zero-order valence-electron chi connectivity index (χ0n) is 17.9. The van der Waals surface area contributed by atoms with Gasteiger partial charge in [0.15, 0.2) is 0 Å². The van der Waals surface area contributed by atoms with Gasteiger partial charge in [-0.1, -0.05) is 29.3 Å². The van der Waals surface area contributed by atoms with Crippen LogP contribution in [0.25, 0.3) is 21.8 Å². The van der Waals surface area contributed by atoms with Crippen LogP contribution in [0, 0.1) is 0 Å².